The molecule has 8 heteroatoms. The normalized spacial score (nSPS) is 22.9. The van der Waals surface area contributed by atoms with Crippen molar-refractivity contribution in [1.82, 2.24) is 4.90 Å². The van der Waals surface area contributed by atoms with Crippen molar-refractivity contribution in [3.05, 3.63) is 29.3 Å². The number of halogens is 3. The van der Waals surface area contributed by atoms with Crippen molar-refractivity contribution >= 4 is 17.5 Å². The van der Waals surface area contributed by atoms with Crippen molar-refractivity contribution in [2.75, 3.05) is 18.4 Å². The Kier molecular flexibility index (Phi) is 6.27. The molecule has 2 unspecified atom stereocenters. The molecule has 2 atom stereocenters. The van der Waals surface area contributed by atoms with Gasteiger partial charge >= 0.3 is 6.18 Å². The van der Waals surface area contributed by atoms with Crippen molar-refractivity contribution in [1.29, 1.82) is 0 Å². The zero-order valence-electron chi connectivity index (χ0n) is 15.7. The van der Waals surface area contributed by atoms with Gasteiger partial charge in [0.15, 0.2) is 0 Å². The van der Waals surface area contributed by atoms with Crippen LogP contribution in [0.15, 0.2) is 18.2 Å². The molecule has 5 nitrogen and oxygen atoms in total. The van der Waals surface area contributed by atoms with Crippen LogP contribution < -0.4 is 11.1 Å². The topological polar surface area (TPSA) is 75.4 Å². The predicted molar refractivity (Wildman–Crippen MR) is 99.2 cm³/mol. The third kappa shape index (κ3) is 4.66. The Bertz CT molecular complexity index is 730. The van der Waals surface area contributed by atoms with E-state index in [1.54, 1.807) is 0 Å². The van der Waals surface area contributed by atoms with Gasteiger partial charge in [0.25, 0.3) is 0 Å². The quantitative estimate of drug-likeness (QED) is 0.816. The zero-order valence-corrected chi connectivity index (χ0v) is 15.7. The van der Waals surface area contributed by atoms with Crippen LogP contribution in [0.2, 0.25) is 0 Å². The third-order valence-corrected chi connectivity index (χ3v) is 5.66. The highest BCUT2D eigenvalue weighted by molar-refractivity contribution is 5.96. The number of anilines is 1. The van der Waals surface area contributed by atoms with Gasteiger partial charge in [0.1, 0.15) is 0 Å². The van der Waals surface area contributed by atoms with Gasteiger partial charge in [-0.25, -0.2) is 0 Å². The van der Waals surface area contributed by atoms with Crippen LogP contribution in [0.3, 0.4) is 0 Å². The number of benzene rings is 1. The van der Waals surface area contributed by atoms with Gasteiger partial charge in [0.2, 0.25) is 11.8 Å². The smallest absolute Gasteiger partial charge is 0.342 e. The van der Waals surface area contributed by atoms with E-state index < -0.39 is 23.6 Å². The summed E-state index contributed by atoms with van der Waals surface area (Å²) in [7, 11) is 0. The number of alkyl halides is 3. The van der Waals surface area contributed by atoms with Crippen molar-refractivity contribution in [3.8, 4) is 0 Å². The van der Waals surface area contributed by atoms with E-state index in [0.29, 0.717) is 18.4 Å². The Morgan fingerprint density at radius 1 is 1.04 bits per heavy atom. The molecule has 3 rings (SSSR count). The summed E-state index contributed by atoms with van der Waals surface area (Å²) in [4.78, 5) is 27.5. The minimum atomic E-state index is -4.52. The van der Waals surface area contributed by atoms with E-state index in [2.05, 4.69) is 5.32 Å². The predicted octanol–water partition coefficient (Wildman–Crippen LogP) is 3.53. The second-order valence-electron chi connectivity index (χ2n) is 7.64. The molecule has 1 heterocycles. The average Bonchev–Trinajstić information content (AvgIpc) is 3.21. The molecule has 1 aromatic rings. The number of amides is 2. The molecule has 154 valence electrons. The highest BCUT2D eigenvalue weighted by atomic mass is 19.4. The second-order valence-corrected chi connectivity index (χ2v) is 7.64. The zero-order chi connectivity index (χ0) is 20.3. The van der Waals surface area contributed by atoms with E-state index in [0.717, 1.165) is 50.9 Å². The Labute approximate surface area is 162 Å². The van der Waals surface area contributed by atoms with Gasteiger partial charge in [0, 0.05) is 37.2 Å². The Morgan fingerprint density at radius 2 is 1.68 bits per heavy atom. The molecule has 0 spiro atoms. The molecule has 1 saturated carbocycles. The number of hydrogen-bond acceptors (Lipinski definition) is 3. The average molecular weight is 397 g/mol. The summed E-state index contributed by atoms with van der Waals surface area (Å²) >= 11 is 0. The number of likely N-dealkylation sites (tertiary alicyclic amines) is 1. The third-order valence-electron chi connectivity index (χ3n) is 5.66. The summed E-state index contributed by atoms with van der Waals surface area (Å²) in [5, 5.41) is 2.61. The van der Waals surface area contributed by atoms with Gasteiger partial charge in [-0.3, -0.25) is 9.59 Å². The molecule has 2 aliphatic rings. The summed E-state index contributed by atoms with van der Waals surface area (Å²) in [6, 6.07) is 3.35. The first-order valence-corrected chi connectivity index (χ1v) is 9.80. The monoisotopic (exact) mass is 397 g/mol. The fraction of sp³-hybridized carbons (Fsp3) is 0.600. The molecule has 2 fully saturated rings. The van der Waals surface area contributed by atoms with Crippen LogP contribution in [0, 0.1) is 11.8 Å². The molecule has 28 heavy (non-hydrogen) atoms. The van der Waals surface area contributed by atoms with E-state index in [-0.39, 0.29) is 24.0 Å². The van der Waals surface area contributed by atoms with Crippen molar-refractivity contribution in [2.24, 2.45) is 17.6 Å². The number of carbonyl (C=O) groups is 2. The van der Waals surface area contributed by atoms with E-state index in [4.69, 9.17) is 5.73 Å². The van der Waals surface area contributed by atoms with Crippen LogP contribution in [0.5, 0.6) is 0 Å². The van der Waals surface area contributed by atoms with Gasteiger partial charge in [-0.1, -0.05) is 12.8 Å². The number of nitrogens with one attached hydrogen (secondary N) is 1. The van der Waals surface area contributed by atoms with Crippen molar-refractivity contribution in [3.63, 3.8) is 0 Å². The van der Waals surface area contributed by atoms with Gasteiger partial charge in [-0.2, -0.15) is 13.2 Å². The fourth-order valence-corrected chi connectivity index (χ4v) is 4.19. The Hall–Kier alpha value is -2.09. The number of carbonyl (C=O) groups excluding carboxylic acids is 2. The van der Waals surface area contributed by atoms with Crippen LogP contribution in [0.4, 0.5) is 18.9 Å². The first-order valence-electron chi connectivity index (χ1n) is 9.80. The molecule has 1 aliphatic heterocycles. The summed E-state index contributed by atoms with van der Waals surface area (Å²) in [5.74, 6) is -1.30. The number of rotatable bonds is 4. The second kappa shape index (κ2) is 8.51. The molecular weight excluding hydrogens is 371 g/mol. The van der Waals surface area contributed by atoms with Gasteiger partial charge in [-0.15, -0.1) is 0 Å². The summed E-state index contributed by atoms with van der Waals surface area (Å²) in [5.41, 5.74) is 5.02. The van der Waals surface area contributed by atoms with Crippen LogP contribution in [0.25, 0.3) is 0 Å². The van der Waals surface area contributed by atoms with Crippen LogP contribution in [0.1, 0.15) is 49.7 Å². The van der Waals surface area contributed by atoms with Crippen LogP contribution in [-0.4, -0.2) is 29.8 Å². The van der Waals surface area contributed by atoms with Crippen LogP contribution >= 0.6 is 0 Å². The van der Waals surface area contributed by atoms with E-state index in [1.165, 1.54) is 6.07 Å². The number of nitrogens with zero attached hydrogens (tertiary/aromatic N) is 1. The van der Waals surface area contributed by atoms with Gasteiger partial charge < -0.3 is 16.0 Å². The standard InChI is InChI=1S/C20H26F3N3O2/c21-20(22,23)14-9-13(12-24)10-15(11-14)25-18(27)16-5-1-2-6-17(16)19(28)26-7-3-4-8-26/h9-11,16-17H,1-8,12,24H2,(H,25,27). The lowest BCUT2D eigenvalue weighted by Gasteiger charge is -2.32. The summed E-state index contributed by atoms with van der Waals surface area (Å²) in [6.07, 6.45) is 0.350. The molecule has 0 bridgehead atoms. The molecule has 1 aliphatic carbocycles. The number of hydrogen-bond donors (Lipinski definition) is 2. The van der Waals surface area contributed by atoms with Crippen LogP contribution in [-0.2, 0) is 22.3 Å². The first-order chi connectivity index (χ1) is 13.3. The van der Waals surface area contributed by atoms with Gasteiger partial charge in [-0.05, 0) is 49.4 Å². The molecule has 1 saturated heterocycles. The minimum absolute atomic E-state index is 0.00374. The van der Waals surface area contributed by atoms with Crippen molar-refractivity contribution < 1.29 is 22.8 Å². The van der Waals surface area contributed by atoms with E-state index in [9.17, 15) is 22.8 Å². The Morgan fingerprint density at radius 3 is 2.29 bits per heavy atom. The first kappa shape index (κ1) is 20.6. The van der Waals surface area contributed by atoms with E-state index >= 15 is 0 Å². The van der Waals surface area contributed by atoms with Gasteiger partial charge in [0.05, 0.1) is 5.56 Å². The molecule has 0 radical (unpaired) electrons. The largest absolute Gasteiger partial charge is 0.416 e. The summed E-state index contributed by atoms with van der Waals surface area (Å²) < 4.78 is 39.3. The lowest BCUT2D eigenvalue weighted by molar-refractivity contribution is -0.141. The molecule has 1 aromatic carbocycles. The van der Waals surface area contributed by atoms with E-state index in [1.807, 2.05) is 4.90 Å². The van der Waals surface area contributed by atoms with Crippen molar-refractivity contribution in [2.45, 2.75) is 51.2 Å². The molecule has 3 N–H and O–H groups in total. The lowest BCUT2D eigenvalue weighted by Crippen LogP contribution is -2.42. The lowest BCUT2D eigenvalue weighted by atomic mass is 9.77. The maximum Gasteiger partial charge on any atom is 0.416 e. The minimum Gasteiger partial charge on any atom is -0.342 e. The SMILES string of the molecule is NCc1cc(NC(=O)C2CCCCC2C(=O)N2CCCC2)cc(C(F)(F)F)c1. The Balaban J connectivity index is 1.77. The highest BCUT2D eigenvalue weighted by Crippen LogP contribution is 2.35. The summed E-state index contributed by atoms with van der Waals surface area (Å²) in [6.45, 7) is 1.38. The molecular formula is C20H26F3N3O2. The maximum absolute atomic E-state index is 13.1. The molecule has 0 aromatic heterocycles. The fourth-order valence-electron chi connectivity index (χ4n) is 4.19. The molecule has 2 amide bonds. The number of nitrogens with two attached hydrogens (primary N) is 1. The highest BCUT2D eigenvalue weighted by Gasteiger charge is 2.38. The maximum atomic E-state index is 13.1.